The van der Waals surface area contributed by atoms with Crippen LogP contribution in [0.2, 0.25) is 5.02 Å². The van der Waals surface area contributed by atoms with E-state index in [0.717, 1.165) is 11.1 Å². The third-order valence-electron chi connectivity index (χ3n) is 5.19. The fraction of sp³-hybridized carbons (Fsp3) is 0.231. The maximum atomic E-state index is 14.2. The van der Waals surface area contributed by atoms with Crippen LogP contribution in [0.3, 0.4) is 0 Å². The van der Waals surface area contributed by atoms with Gasteiger partial charge in [0, 0.05) is 24.5 Å². The first-order chi connectivity index (χ1) is 15.5. The normalized spacial score (nSPS) is 11.6. The van der Waals surface area contributed by atoms with E-state index in [1.165, 1.54) is 11.0 Å². The van der Waals surface area contributed by atoms with Crippen LogP contribution >= 0.6 is 11.6 Å². The van der Waals surface area contributed by atoms with E-state index in [0.29, 0.717) is 23.6 Å². The molecule has 0 aliphatic heterocycles. The fourth-order valence-corrected chi connectivity index (χ4v) is 3.66. The number of halogens is 2. The molecular formula is C26H26ClFN2O2. The van der Waals surface area contributed by atoms with Crippen molar-refractivity contribution < 1.29 is 14.0 Å². The van der Waals surface area contributed by atoms with Gasteiger partial charge in [-0.1, -0.05) is 72.3 Å². The summed E-state index contributed by atoms with van der Waals surface area (Å²) in [5.74, 6) is -1.01. The molecule has 0 radical (unpaired) electrons. The van der Waals surface area contributed by atoms with Crippen molar-refractivity contribution in [2.45, 2.75) is 32.4 Å². The highest BCUT2D eigenvalue weighted by atomic mass is 35.5. The third-order valence-corrected chi connectivity index (χ3v) is 5.44. The van der Waals surface area contributed by atoms with Crippen molar-refractivity contribution in [1.29, 1.82) is 0 Å². The van der Waals surface area contributed by atoms with Crippen LogP contribution in [0.5, 0.6) is 0 Å². The quantitative estimate of drug-likeness (QED) is 0.507. The van der Waals surface area contributed by atoms with Crippen molar-refractivity contribution in [3.8, 4) is 0 Å². The van der Waals surface area contributed by atoms with Gasteiger partial charge in [-0.2, -0.15) is 0 Å². The monoisotopic (exact) mass is 452 g/mol. The van der Waals surface area contributed by atoms with Crippen LogP contribution in [0, 0.1) is 5.82 Å². The first-order valence-electron chi connectivity index (χ1n) is 10.6. The third kappa shape index (κ3) is 6.41. The number of carbonyl (C=O) groups is 2. The first kappa shape index (κ1) is 23.5. The van der Waals surface area contributed by atoms with Crippen molar-refractivity contribution in [3.63, 3.8) is 0 Å². The molecule has 0 aromatic heterocycles. The molecule has 6 heteroatoms. The molecule has 3 aromatic rings. The second-order valence-electron chi connectivity index (χ2n) is 7.52. The van der Waals surface area contributed by atoms with Gasteiger partial charge in [0.2, 0.25) is 11.8 Å². The van der Waals surface area contributed by atoms with E-state index < -0.39 is 11.9 Å². The van der Waals surface area contributed by atoms with Gasteiger partial charge in [0.25, 0.3) is 0 Å². The van der Waals surface area contributed by atoms with E-state index in [4.69, 9.17) is 11.6 Å². The lowest BCUT2D eigenvalue weighted by Gasteiger charge is -2.31. The largest absolute Gasteiger partial charge is 0.355 e. The lowest BCUT2D eigenvalue weighted by molar-refractivity contribution is -0.140. The fourth-order valence-electron chi connectivity index (χ4n) is 3.54. The van der Waals surface area contributed by atoms with Crippen LogP contribution in [0.1, 0.15) is 23.6 Å². The molecule has 0 aliphatic carbocycles. The van der Waals surface area contributed by atoms with Crippen LogP contribution < -0.4 is 5.32 Å². The topological polar surface area (TPSA) is 49.4 Å². The Morgan fingerprint density at radius 3 is 2.25 bits per heavy atom. The number of nitrogens with one attached hydrogen (secondary N) is 1. The summed E-state index contributed by atoms with van der Waals surface area (Å²) < 4.78 is 14.2. The molecule has 0 aliphatic rings. The minimum absolute atomic E-state index is 0.134. The molecule has 3 rings (SSSR count). The average Bonchev–Trinajstić information content (AvgIpc) is 2.79. The number of hydrogen-bond donors (Lipinski definition) is 1. The minimum atomic E-state index is -0.743. The van der Waals surface area contributed by atoms with Crippen molar-refractivity contribution in [3.05, 3.63) is 106 Å². The maximum Gasteiger partial charge on any atom is 0.243 e. The molecule has 2 amide bonds. The Kier molecular flexibility index (Phi) is 8.40. The van der Waals surface area contributed by atoms with Crippen molar-refractivity contribution in [2.75, 3.05) is 6.54 Å². The van der Waals surface area contributed by atoms with Crippen molar-refractivity contribution in [2.24, 2.45) is 0 Å². The van der Waals surface area contributed by atoms with Crippen molar-refractivity contribution >= 4 is 23.4 Å². The van der Waals surface area contributed by atoms with Crippen LogP contribution in [0.4, 0.5) is 4.39 Å². The maximum absolute atomic E-state index is 14.2. The molecule has 0 spiro atoms. The van der Waals surface area contributed by atoms with E-state index in [-0.39, 0.29) is 24.8 Å². The van der Waals surface area contributed by atoms with E-state index in [1.54, 1.807) is 30.3 Å². The van der Waals surface area contributed by atoms with Crippen LogP contribution in [0.25, 0.3) is 0 Å². The molecule has 0 saturated carbocycles. The molecular weight excluding hydrogens is 427 g/mol. The Labute approximate surface area is 193 Å². The number of nitrogens with zero attached hydrogens (tertiary/aromatic N) is 1. The Morgan fingerprint density at radius 2 is 1.59 bits per heavy atom. The molecule has 0 unspecified atom stereocenters. The zero-order chi connectivity index (χ0) is 22.9. The Balaban J connectivity index is 1.95. The Morgan fingerprint density at radius 1 is 0.938 bits per heavy atom. The van der Waals surface area contributed by atoms with Crippen molar-refractivity contribution in [1.82, 2.24) is 10.2 Å². The number of hydrogen-bond acceptors (Lipinski definition) is 2. The average molecular weight is 453 g/mol. The number of carbonyl (C=O) groups excluding carboxylic acids is 2. The summed E-state index contributed by atoms with van der Waals surface area (Å²) in [4.78, 5) is 28.0. The highest BCUT2D eigenvalue weighted by Crippen LogP contribution is 2.19. The summed E-state index contributed by atoms with van der Waals surface area (Å²) in [5.41, 5.74) is 2.06. The smallest absolute Gasteiger partial charge is 0.243 e. The number of likely N-dealkylation sites (N-methyl/N-ethyl adjacent to an activating group) is 1. The van der Waals surface area contributed by atoms with Gasteiger partial charge in [-0.05, 0) is 41.8 Å². The second kappa shape index (κ2) is 11.4. The lowest BCUT2D eigenvalue weighted by Crippen LogP contribution is -2.51. The number of benzene rings is 3. The summed E-state index contributed by atoms with van der Waals surface area (Å²) in [6.45, 7) is 2.49. The summed E-state index contributed by atoms with van der Waals surface area (Å²) in [7, 11) is 0. The number of rotatable bonds is 9. The summed E-state index contributed by atoms with van der Waals surface area (Å²) in [6, 6.07) is 22.1. The molecule has 1 atom stereocenters. The van der Waals surface area contributed by atoms with E-state index in [1.807, 2.05) is 49.4 Å². The lowest BCUT2D eigenvalue weighted by atomic mass is 10.0. The van der Waals surface area contributed by atoms with Crippen LogP contribution in [-0.2, 0) is 29.0 Å². The highest BCUT2D eigenvalue weighted by Gasteiger charge is 2.30. The molecule has 0 saturated heterocycles. The molecule has 1 N–H and O–H groups in total. The summed E-state index contributed by atoms with van der Waals surface area (Å²) in [5, 5.41) is 3.43. The van der Waals surface area contributed by atoms with E-state index >= 15 is 0 Å². The first-order valence-corrected chi connectivity index (χ1v) is 10.9. The predicted molar refractivity (Wildman–Crippen MR) is 125 cm³/mol. The minimum Gasteiger partial charge on any atom is -0.355 e. The molecule has 0 heterocycles. The molecule has 0 fully saturated rings. The summed E-state index contributed by atoms with van der Waals surface area (Å²) >= 11 is 6.01. The van der Waals surface area contributed by atoms with Gasteiger partial charge in [0.15, 0.2) is 0 Å². The van der Waals surface area contributed by atoms with E-state index in [9.17, 15) is 14.0 Å². The van der Waals surface area contributed by atoms with Crippen LogP contribution in [-0.4, -0.2) is 29.3 Å². The van der Waals surface area contributed by atoms with Gasteiger partial charge < -0.3 is 10.2 Å². The van der Waals surface area contributed by atoms with Gasteiger partial charge in [-0.15, -0.1) is 0 Å². The van der Waals surface area contributed by atoms with Crippen LogP contribution in [0.15, 0.2) is 78.9 Å². The Hall–Kier alpha value is -3.18. The Bertz CT molecular complexity index is 1040. The zero-order valence-corrected chi connectivity index (χ0v) is 18.7. The molecule has 3 aromatic carbocycles. The zero-order valence-electron chi connectivity index (χ0n) is 17.9. The van der Waals surface area contributed by atoms with Gasteiger partial charge in [0.05, 0.1) is 6.42 Å². The SMILES string of the molecule is CCNC(=O)[C@@H](Cc1ccccc1)N(Cc1ccc(Cl)cc1)C(=O)Cc1ccccc1F. The standard InChI is InChI=1S/C26H26ClFN2O2/c1-2-29-26(32)24(16-19-8-4-3-5-9-19)30(18-20-12-14-22(27)15-13-20)25(31)17-21-10-6-7-11-23(21)28/h3-15,24H,2,16-18H2,1H3,(H,29,32)/t24-/m1/s1. The molecule has 166 valence electrons. The van der Waals surface area contributed by atoms with Gasteiger partial charge >= 0.3 is 0 Å². The molecule has 32 heavy (non-hydrogen) atoms. The highest BCUT2D eigenvalue weighted by molar-refractivity contribution is 6.30. The van der Waals surface area contributed by atoms with Gasteiger partial charge in [-0.25, -0.2) is 4.39 Å². The van der Waals surface area contributed by atoms with Gasteiger partial charge in [0.1, 0.15) is 11.9 Å². The predicted octanol–water partition coefficient (Wildman–Crippen LogP) is 4.80. The molecule has 0 bridgehead atoms. The number of amides is 2. The van der Waals surface area contributed by atoms with E-state index in [2.05, 4.69) is 5.32 Å². The second-order valence-corrected chi connectivity index (χ2v) is 7.95. The molecule has 4 nitrogen and oxygen atoms in total. The summed E-state index contributed by atoms with van der Waals surface area (Å²) in [6.07, 6.45) is 0.217. The van der Waals surface area contributed by atoms with Gasteiger partial charge in [-0.3, -0.25) is 9.59 Å².